The fourth-order valence-corrected chi connectivity index (χ4v) is 2.00. The van der Waals surface area contributed by atoms with Gasteiger partial charge in [-0.05, 0) is 31.0 Å². The maximum atomic E-state index is 13.9. The van der Waals surface area contributed by atoms with E-state index >= 15 is 0 Å². The maximum Gasteiger partial charge on any atom is 0.269 e. The fourth-order valence-electron chi connectivity index (χ4n) is 2.00. The van der Waals surface area contributed by atoms with Gasteiger partial charge >= 0.3 is 0 Å². The summed E-state index contributed by atoms with van der Waals surface area (Å²) in [4.78, 5) is 10.2. The van der Waals surface area contributed by atoms with Crippen molar-refractivity contribution < 1.29 is 13.7 Å². The highest BCUT2D eigenvalue weighted by molar-refractivity contribution is 5.51. The maximum absolute atomic E-state index is 13.9. The van der Waals surface area contributed by atoms with Crippen molar-refractivity contribution >= 4 is 11.4 Å². The first-order chi connectivity index (χ1) is 9.90. The van der Waals surface area contributed by atoms with E-state index in [1.54, 1.807) is 13.0 Å². The van der Waals surface area contributed by atoms with Crippen LogP contribution in [0.1, 0.15) is 24.1 Å². The SMILES string of the molecule is Cc1ccc(F)c(NC(C)c2cccc([N+](=O)[O-])c2)c1F. The molecule has 21 heavy (non-hydrogen) atoms. The van der Waals surface area contributed by atoms with Gasteiger partial charge in [0.2, 0.25) is 0 Å². The molecule has 2 aromatic rings. The van der Waals surface area contributed by atoms with Crippen molar-refractivity contribution in [2.45, 2.75) is 19.9 Å². The number of anilines is 1. The third kappa shape index (κ3) is 3.16. The monoisotopic (exact) mass is 292 g/mol. The zero-order valence-corrected chi connectivity index (χ0v) is 11.6. The molecule has 1 unspecified atom stereocenters. The van der Waals surface area contributed by atoms with E-state index in [1.807, 2.05) is 0 Å². The fraction of sp³-hybridized carbons (Fsp3) is 0.200. The van der Waals surface area contributed by atoms with Crippen LogP contribution >= 0.6 is 0 Å². The van der Waals surface area contributed by atoms with Crippen LogP contribution < -0.4 is 5.32 Å². The topological polar surface area (TPSA) is 55.2 Å². The second-order valence-corrected chi connectivity index (χ2v) is 4.77. The van der Waals surface area contributed by atoms with E-state index in [-0.39, 0.29) is 11.4 Å². The molecule has 0 heterocycles. The molecule has 0 bridgehead atoms. The summed E-state index contributed by atoms with van der Waals surface area (Å²) in [5.74, 6) is -1.36. The van der Waals surface area contributed by atoms with Crippen LogP contribution in [-0.4, -0.2) is 4.92 Å². The standard InChI is InChI=1S/C15H14F2N2O2/c1-9-6-7-13(16)15(14(9)17)18-10(2)11-4-3-5-12(8-11)19(20)21/h3-8,10,18H,1-2H3. The zero-order valence-electron chi connectivity index (χ0n) is 11.6. The molecule has 110 valence electrons. The van der Waals surface area contributed by atoms with Gasteiger partial charge in [0.15, 0.2) is 5.82 Å². The van der Waals surface area contributed by atoms with Crippen LogP contribution in [0.25, 0.3) is 0 Å². The zero-order chi connectivity index (χ0) is 15.6. The van der Waals surface area contributed by atoms with E-state index in [2.05, 4.69) is 5.32 Å². The van der Waals surface area contributed by atoms with Gasteiger partial charge in [0, 0.05) is 18.2 Å². The summed E-state index contributed by atoms with van der Waals surface area (Å²) in [6.45, 7) is 3.22. The summed E-state index contributed by atoms with van der Waals surface area (Å²) in [5, 5.41) is 13.5. The van der Waals surface area contributed by atoms with Gasteiger partial charge in [-0.25, -0.2) is 8.78 Å². The predicted octanol–water partition coefficient (Wildman–Crippen LogP) is 4.35. The number of nitrogens with zero attached hydrogens (tertiary/aromatic N) is 1. The molecule has 6 heteroatoms. The van der Waals surface area contributed by atoms with Crippen LogP contribution in [0.15, 0.2) is 36.4 Å². The van der Waals surface area contributed by atoms with Crippen LogP contribution in [0.5, 0.6) is 0 Å². The molecular weight excluding hydrogens is 278 g/mol. The van der Waals surface area contributed by atoms with E-state index in [1.165, 1.54) is 37.3 Å². The van der Waals surface area contributed by atoms with Crippen LogP contribution in [0.3, 0.4) is 0 Å². The molecule has 0 saturated heterocycles. The largest absolute Gasteiger partial charge is 0.374 e. The number of non-ortho nitro benzene ring substituents is 1. The van der Waals surface area contributed by atoms with Gasteiger partial charge in [0.25, 0.3) is 5.69 Å². The summed E-state index contributed by atoms with van der Waals surface area (Å²) in [7, 11) is 0. The second-order valence-electron chi connectivity index (χ2n) is 4.77. The Morgan fingerprint density at radius 3 is 2.62 bits per heavy atom. The highest BCUT2D eigenvalue weighted by atomic mass is 19.1. The molecule has 1 N–H and O–H groups in total. The van der Waals surface area contributed by atoms with Crippen LogP contribution in [0.4, 0.5) is 20.2 Å². The van der Waals surface area contributed by atoms with Crippen molar-refractivity contribution in [2.24, 2.45) is 0 Å². The number of hydrogen-bond donors (Lipinski definition) is 1. The number of nitrogens with one attached hydrogen (secondary N) is 1. The minimum atomic E-state index is -0.699. The molecule has 0 aliphatic heterocycles. The molecule has 4 nitrogen and oxygen atoms in total. The number of nitro groups is 1. The highest BCUT2D eigenvalue weighted by Gasteiger charge is 2.16. The molecule has 2 aromatic carbocycles. The molecule has 0 aliphatic carbocycles. The average molecular weight is 292 g/mol. The Labute approximate surface area is 120 Å². The first kappa shape index (κ1) is 14.9. The lowest BCUT2D eigenvalue weighted by atomic mass is 10.1. The Morgan fingerprint density at radius 2 is 1.95 bits per heavy atom. The minimum absolute atomic E-state index is 0.0636. The van der Waals surface area contributed by atoms with E-state index < -0.39 is 22.6 Å². The molecule has 0 aromatic heterocycles. The van der Waals surface area contributed by atoms with Gasteiger partial charge in [-0.3, -0.25) is 10.1 Å². The van der Waals surface area contributed by atoms with Crippen LogP contribution in [0.2, 0.25) is 0 Å². The molecule has 0 amide bonds. The Hall–Kier alpha value is -2.50. The van der Waals surface area contributed by atoms with Crippen molar-refractivity contribution in [1.29, 1.82) is 0 Å². The number of nitro benzene ring substituents is 1. The first-order valence-corrected chi connectivity index (χ1v) is 6.35. The van der Waals surface area contributed by atoms with E-state index in [9.17, 15) is 18.9 Å². The molecule has 0 aliphatic rings. The lowest BCUT2D eigenvalue weighted by Gasteiger charge is -2.17. The van der Waals surface area contributed by atoms with Crippen LogP contribution in [-0.2, 0) is 0 Å². The highest BCUT2D eigenvalue weighted by Crippen LogP contribution is 2.27. The number of rotatable bonds is 4. The molecule has 0 fully saturated rings. The Balaban J connectivity index is 2.30. The van der Waals surface area contributed by atoms with Gasteiger partial charge in [-0.2, -0.15) is 0 Å². The van der Waals surface area contributed by atoms with Crippen molar-refractivity contribution in [2.75, 3.05) is 5.32 Å². The smallest absolute Gasteiger partial charge is 0.269 e. The number of benzene rings is 2. The van der Waals surface area contributed by atoms with Gasteiger partial charge in [-0.1, -0.05) is 18.2 Å². The van der Waals surface area contributed by atoms with Crippen molar-refractivity contribution in [1.82, 2.24) is 0 Å². The van der Waals surface area contributed by atoms with Gasteiger partial charge in [0.1, 0.15) is 11.5 Å². The van der Waals surface area contributed by atoms with E-state index in [0.717, 1.165) is 0 Å². The minimum Gasteiger partial charge on any atom is -0.374 e. The summed E-state index contributed by atoms with van der Waals surface area (Å²) >= 11 is 0. The quantitative estimate of drug-likeness (QED) is 0.673. The van der Waals surface area contributed by atoms with Gasteiger partial charge < -0.3 is 5.32 Å². The van der Waals surface area contributed by atoms with Crippen LogP contribution in [0, 0.1) is 28.7 Å². The number of aryl methyl sites for hydroxylation is 1. The van der Waals surface area contributed by atoms with Crippen molar-refractivity contribution in [3.8, 4) is 0 Å². The Morgan fingerprint density at radius 1 is 1.24 bits per heavy atom. The third-order valence-electron chi connectivity index (χ3n) is 3.23. The van der Waals surface area contributed by atoms with E-state index in [0.29, 0.717) is 11.1 Å². The molecule has 1 atom stereocenters. The summed E-state index contributed by atoms with van der Waals surface area (Å²) in [5.41, 5.74) is 0.606. The lowest BCUT2D eigenvalue weighted by molar-refractivity contribution is -0.384. The van der Waals surface area contributed by atoms with Crippen molar-refractivity contribution in [3.63, 3.8) is 0 Å². The molecule has 2 rings (SSSR count). The number of hydrogen-bond acceptors (Lipinski definition) is 3. The summed E-state index contributed by atoms with van der Waals surface area (Å²) < 4.78 is 27.6. The molecule has 0 saturated carbocycles. The van der Waals surface area contributed by atoms with Gasteiger partial charge in [0.05, 0.1) is 4.92 Å². The normalized spacial score (nSPS) is 12.0. The first-order valence-electron chi connectivity index (χ1n) is 6.35. The Bertz CT molecular complexity index is 689. The summed E-state index contributed by atoms with van der Waals surface area (Å²) in [6.07, 6.45) is 0. The lowest BCUT2D eigenvalue weighted by Crippen LogP contribution is -2.10. The van der Waals surface area contributed by atoms with E-state index in [4.69, 9.17) is 0 Å². The summed E-state index contributed by atoms with van der Waals surface area (Å²) in [6, 6.07) is 8.00. The Kier molecular flexibility index (Phi) is 4.16. The second kappa shape index (κ2) is 5.87. The molecule has 0 spiro atoms. The molecular formula is C15H14F2N2O2. The van der Waals surface area contributed by atoms with Gasteiger partial charge in [-0.15, -0.1) is 0 Å². The van der Waals surface area contributed by atoms with Crippen molar-refractivity contribution in [3.05, 3.63) is 69.3 Å². The average Bonchev–Trinajstić information content (AvgIpc) is 2.47. The predicted molar refractivity (Wildman–Crippen MR) is 76.2 cm³/mol. The third-order valence-corrected chi connectivity index (χ3v) is 3.23. The number of halogens is 2. The molecule has 0 radical (unpaired) electrons.